The lowest BCUT2D eigenvalue weighted by Gasteiger charge is -2.23. The number of hydrogen-bond acceptors (Lipinski definition) is 1. The van der Waals surface area contributed by atoms with Crippen molar-refractivity contribution >= 4 is 69.6 Å². The van der Waals surface area contributed by atoms with Crippen molar-refractivity contribution in [2.24, 2.45) is 0 Å². The zero-order valence-corrected chi connectivity index (χ0v) is 9.21. The molecule has 0 N–H and O–H groups in total. The Morgan fingerprint density at radius 3 is 1.55 bits per heavy atom. The van der Waals surface area contributed by atoms with Gasteiger partial charge in [-0.3, -0.25) is 0 Å². The van der Waals surface area contributed by atoms with Gasteiger partial charge in [-0.15, -0.1) is 0 Å². The van der Waals surface area contributed by atoms with Gasteiger partial charge in [0.05, 0.1) is 0 Å². The van der Waals surface area contributed by atoms with Gasteiger partial charge in [0.15, 0.2) is 0 Å². The first kappa shape index (κ1) is 10.4. The van der Waals surface area contributed by atoms with Crippen LogP contribution in [0.4, 0.5) is 0 Å². The minimum Gasteiger partial charge on any atom is -0.442 e. The second-order valence-electron chi connectivity index (χ2n) is 1.78. The van der Waals surface area contributed by atoms with E-state index in [1.165, 1.54) is 0 Å². The van der Waals surface area contributed by atoms with Crippen molar-refractivity contribution in [2.45, 2.75) is 8.85 Å². The van der Waals surface area contributed by atoms with Gasteiger partial charge in [0.2, 0.25) is 9.55 Å². The smallest absolute Gasteiger partial charge is 0.297 e. The van der Waals surface area contributed by atoms with E-state index in [4.69, 9.17) is 69.6 Å². The predicted octanol–water partition coefficient (Wildman–Crippen LogP) is 3.97. The molecule has 11 heavy (non-hydrogen) atoms. The van der Waals surface area contributed by atoms with Crippen molar-refractivity contribution < 1.29 is 4.74 Å². The van der Waals surface area contributed by atoms with Crippen LogP contribution in [0.3, 0.4) is 0 Å². The number of hydrogen-bond donors (Lipinski definition) is 0. The Kier molecular flexibility index (Phi) is 2.73. The van der Waals surface area contributed by atoms with Crippen LogP contribution in [0.25, 0.3) is 0 Å². The molecular formula is C4Cl6O. The van der Waals surface area contributed by atoms with Crippen molar-refractivity contribution in [2.75, 3.05) is 0 Å². The maximum absolute atomic E-state index is 5.61. The molecule has 1 aliphatic heterocycles. The molecule has 0 saturated heterocycles. The van der Waals surface area contributed by atoms with Crippen LogP contribution in [0.15, 0.2) is 10.3 Å². The summed E-state index contributed by atoms with van der Waals surface area (Å²) in [4.78, 5) is 0. The molecule has 0 aromatic carbocycles. The van der Waals surface area contributed by atoms with E-state index in [9.17, 15) is 0 Å². The highest BCUT2D eigenvalue weighted by Gasteiger charge is 2.58. The molecule has 1 nitrogen and oxygen atoms in total. The summed E-state index contributed by atoms with van der Waals surface area (Å²) in [6, 6.07) is 0. The summed E-state index contributed by atoms with van der Waals surface area (Å²) >= 11 is 33.2. The third-order valence-electron chi connectivity index (χ3n) is 1.03. The fourth-order valence-corrected chi connectivity index (χ4v) is 1.77. The number of rotatable bonds is 0. The van der Waals surface area contributed by atoms with Gasteiger partial charge in [-0.25, -0.2) is 0 Å². The van der Waals surface area contributed by atoms with Gasteiger partial charge in [-0.1, -0.05) is 58.0 Å². The molecule has 0 saturated carbocycles. The molecule has 0 unspecified atom stereocenters. The van der Waals surface area contributed by atoms with Gasteiger partial charge < -0.3 is 4.74 Å². The Bertz CT molecular complexity index is 219. The molecule has 0 amide bonds. The molecule has 1 rings (SSSR count). The van der Waals surface area contributed by atoms with Gasteiger partial charge in [0.25, 0.3) is 4.52 Å². The van der Waals surface area contributed by atoms with E-state index in [0.717, 1.165) is 0 Å². The molecule has 1 aliphatic rings. The summed E-state index contributed by atoms with van der Waals surface area (Å²) in [5, 5.41) is -0.311. The molecule has 0 aliphatic carbocycles. The third kappa shape index (κ3) is 1.52. The largest absolute Gasteiger partial charge is 0.442 e. The molecule has 0 radical (unpaired) electrons. The molecule has 0 atom stereocenters. The van der Waals surface area contributed by atoms with E-state index in [1.807, 2.05) is 0 Å². The van der Waals surface area contributed by atoms with Gasteiger partial charge in [0.1, 0.15) is 5.03 Å². The van der Waals surface area contributed by atoms with E-state index >= 15 is 0 Å². The Hall–Kier alpha value is 1.28. The van der Waals surface area contributed by atoms with Crippen LogP contribution in [0, 0.1) is 0 Å². The number of alkyl halides is 4. The van der Waals surface area contributed by atoms with Crippen LogP contribution in [0.5, 0.6) is 0 Å². The number of ether oxygens (including phenoxy) is 1. The van der Waals surface area contributed by atoms with Crippen molar-refractivity contribution in [3.63, 3.8) is 0 Å². The molecule has 0 fully saturated rings. The minimum absolute atomic E-state index is 0.118. The van der Waals surface area contributed by atoms with Crippen LogP contribution >= 0.6 is 69.6 Å². The van der Waals surface area contributed by atoms with Crippen molar-refractivity contribution in [1.29, 1.82) is 0 Å². The summed E-state index contributed by atoms with van der Waals surface area (Å²) in [7, 11) is 0. The second kappa shape index (κ2) is 2.90. The molecule has 7 heteroatoms. The molecule has 64 valence electrons. The Labute approximate surface area is 93.1 Å². The van der Waals surface area contributed by atoms with Crippen LogP contribution in [-0.2, 0) is 4.74 Å². The highest BCUT2D eigenvalue weighted by Crippen LogP contribution is 2.57. The lowest BCUT2D eigenvalue weighted by Crippen LogP contribution is -2.33. The van der Waals surface area contributed by atoms with Crippen LogP contribution in [0.2, 0.25) is 0 Å². The topological polar surface area (TPSA) is 9.23 Å². The second-order valence-corrected chi connectivity index (χ2v) is 5.09. The SMILES string of the molecule is ClC1=C(Cl)C(Cl)(Cl)C(Cl)(Cl)O1. The van der Waals surface area contributed by atoms with E-state index < -0.39 is 8.85 Å². The molecule has 0 aromatic rings. The normalized spacial score (nSPS) is 27.1. The maximum Gasteiger partial charge on any atom is 0.297 e. The van der Waals surface area contributed by atoms with Gasteiger partial charge in [-0.2, -0.15) is 0 Å². The molecule has 1 heterocycles. The van der Waals surface area contributed by atoms with Gasteiger partial charge in [0, 0.05) is 0 Å². The Balaban J connectivity index is 3.08. The van der Waals surface area contributed by atoms with Crippen LogP contribution in [0.1, 0.15) is 0 Å². The number of halogens is 6. The molecule has 0 bridgehead atoms. The lowest BCUT2D eigenvalue weighted by atomic mass is 10.4. The summed E-state index contributed by atoms with van der Waals surface area (Å²) in [5.74, 6) is 0. The minimum atomic E-state index is -1.83. The summed E-state index contributed by atoms with van der Waals surface area (Å²) in [6.45, 7) is 0. The van der Waals surface area contributed by atoms with Crippen LogP contribution < -0.4 is 0 Å². The van der Waals surface area contributed by atoms with E-state index in [2.05, 4.69) is 4.74 Å². The lowest BCUT2D eigenvalue weighted by molar-refractivity contribution is 0.190. The van der Waals surface area contributed by atoms with Crippen molar-refractivity contribution in [3.05, 3.63) is 10.3 Å². The fraction of sp³-hybridized carbons (Fsp3) is 0.500. The summed E-state index contributed by atoms with van der Waals surface area (Å²) in [5.41, 5.74) is 0. The summed E-state index contributed by atoms with van der Waals surface area (Å²) in [6.07, 6.45) is 0. The Morgan fingerprint density at radius 2 is 1.45 bits per heavy atom. The van der Waals surface area contributed by atoms with E-state index in [1.54, 1.807) is 0 Å². The average molecular weight is 277 g/mol. The fourth-order valence-electron chi connectivity index (χ4n) is 0.473. The first-order valence-corrected chi connectivity index (χ1v) is 4.56. The summed E-state index contributed by atoms with van der Waals surface area (Å²) < 4.78 is 1.11. The molecule has 0 spiro atoms. The molecule has 0 aromatic heterocycles. The highest BCUT2D eigenvalue weighted by atomic mass is 35.5. The monoisotopic (exact) mass is 274 g/mol. The quantitative estimate of drug-likeness (QED) is 0.609. The zero-order chi connectivity index (χ0) is 8.86. The molecular weight excluding hydrogens is 277 g/mol. The zero-order valence-electron chi connectivity index (χ0n) is 4.68. The van der Waals surface area contributed by atoms with Crippen molar-refractivity contribution in [3.8, 4) is 0 Å². The Morgan fingerprint density at radius 1 is 1.00 bits per heavy atom. The first-order valence-electron chi connectivity index (χ1n) is 2.29. The van der Waals surface area contributed by atoms with Gasteiger partial charge in [-0.05, 0) is 11.6 Å². The maximum atomic E-state index is 5.61. The van der Waals surface area contributed by atoms with Crippen molar-refractivity contribution in [1.82, 2.24) is 0 Å². The van der Waals surface area contributed by atoms with E-state index in [-0.39, 0.29) is 10.3 Å². The van der Waals surface area contributed by atoms with Crippen LogP contribution in [-0.4, -0.2) is 8.85 Å². The standard InChI is InChI=1S/C4Cl6O/c5-1-2(6)11-4(9,10)3(1,7)8. The first-order chi connectivity index (χ1) is 4.79. The van der Waals surface area contributed by atoms with E-state index in [0.29, 0.717) is 0 Å². The van der Waals surface area contributed by atoms with Gasteiger partial charge >= 0.3 is 0 Å². The predicted molar refractivity (Wildman–Crippen MR) is 48.7 cm³/mol. The third-order valence-corrected chi connectivity index (χ3v) is 4.06. The average Bonchev–Trinajstić information content (AvgIpc) is 1.93. The highest BCUT2D eigenvalue weighted by molar-refractivity contribution is 6.67.